The number of hydrazine groups is 1. The third kappa shape index (κ3) is 7.31. The molecule has 0 aliphatic carbocycles. The van der Waals surface area contributed by atoms with Crippen molar-refractivity contribution in [2.24, 2.45) is 4.99 Å². The standard InChI is InChI=1S/C29H31BrFN3O6S/c30-25-10-5-4-9-24(25)26-29(28(36)34-32-17-16-31,15-20-41(37,38)23-7-2-1-3-8-23)33-27(40-26)21-11-13-22(14-12-21)39-19-6-18-35/h1-5,7-14,26,32,35H,6,15-20H2,(H,34,36)/t26-,29-/m0/s1. The Hall–Kier alpha value is -3.32. The van der Waals surface area contributed by atoms with E-state index in [0.717, 1.165) is 0 Å². The predicted octanol–water partition coefficient (Wildman–Crippen LogP) is 3.92. The summed E-state index contributed by atoms with van der Waals surface area (Å²) >= 11 is 3.53. The third-order valence-corrected chi connectivity index (χ3v) is 8.95. The molecule has 0 aromatic heterocycles. The van der Waals surface area contributed by atoms with Crippen LogP contribution in [0.2, 0.25) is 0 Å². The highest BCUT2D eigenvalue weighted by Gasteiger charge is 2.54. The van der Waals surface area contributed by atoms with Crippen LogP contribution in [0.1, 0.15) is 30.1 Å². The van der Waals surface area contributed by atoms with E-state index in [4.69, 9.17) is 19.6 Å². The molecule has 0 fully saturated rings. The second-order valence-electron chi connectivity index (χ2n) is 9.26. The number of aliphatic hydroxyl groups is 1. The number of rotatable bonds is 14. The minimum Gasteiger partial charge on any atom is -0.494 e. The number of carbonyl (C=O) groups is 1. The van der Waals surface area contributed by atoms with Crippen molar-refractivity contribution in [1.29, 1.82) is 0 Å². The molecule has 2 atom stereocenters. The summed E-state index contributed by atoms with van der Waals surface area (Å²) < 4.78 is 52.0. The van der Waals surface area contributed by atoms with Gasteiger partial charge in [0.15, 0.2) is 21.5 Å². The first-order chi connectivity index (χ1) is 19.8. The molecule has 3 aromatic rings. The van der Waals surface area contributed by atoms with Gasteiger partial charge in [0, 0.05) is 41.6 Å². The molecular formula is C29H31BrFN3O6S. The Kier molecular flexibility index (Phi) is 10.5. The number of amides is 1. The smallest absolute Gasteiger partial charge is 0.266 e. The fourth-order valence-electron chi connectivity index (χ4n) is 4.37. The zero-order chi connectivity index (χ0) is 29.3. The van der Waals surface area contributed by atoms with E-state index in [1.54, 1.807) is 60.7 Å². The largest absolute Gasteiger partial charge is 0.494 e. The topological polar surface area (TPSA) is 126 Å². The van der Waals surface area contributed by atoms with E-state index < -0.39 is 39.8 Å². The lowest BCUT2D eigenvalue weighted by molar-refractivity contribution is -0.130. The van der Waals surface area contributed by atoms with Crippen LogP contribution in [0.25, 0.3) is 0 Å². The van der Waals surface area contributed by atoms with Gasteiger partial charge in [-0.3, -0.25) is 10.2 Å². The number of benzene rings is 3. The number of ether oxygens (including phenoxy) is 2. The SMILES string of the molecule is O=C(NNCCF)[C@@]1(CCS(=O)(=O)c2ccccc2)N=C(c2ccc(OCCCO)cc2)O[C@H]1c1ccccc1Br. The van der Waals surface area contributed by atoms with Crippen LogP contribution in [0.15, 0.2) is 93.2 Å². The average molecular weight is 649 g/mol. The van der Waals surface area contributed by atoms with Gasteiger partial charge < -0.3 is 14.6 Å². The minimum atomic E-state index is -3.79. The van der Waals surface area contributed by atoms with Crippen LogP contribution in [-0.2, 0) is 19.4 Å². The van der Waals surface area contributed by atoms with Gasteiger partial charge in [-0.25, -0.2) is 23.2 Å². The summed E-state index contributed by atoms with van der Waals surface area (Å²) in [6.45, 7) is -0.494. The molecule has 1 aliphatic heterocycles. The summed E-state index contributed by atoms with van der Waals surface area (Å²) in [5.41, 5.74) is 4.47. The van der Waals surface area contributed by atoms with E-state index in [0.29, 0.717) is 34.4 Å². The highest BCUT2D eigenvalue weighted by molar-refractivity contribution is 9.10. The lowest BCUT2D eigenvalue weighted by atomic mass is 9.85. The van der Waals surface area contributed by atoms with Gasteiger partial charge in [-0.1, -0.05) is 52.3 Å². The van der Waals surface area contributed by atoms with Crippen LogP contribution in [-0.4, -0.2) is 63.1 Å². The summed E-state index contributed by atoms with van der Waals surface area (Å²) in [7, 11) is -3.79. The molecule has 0 saturated carbocycles. The van der Waals surface area contributed by atoms with Crippen molar-refractivity contribution in [2.75, 3.05) is 32.2 Å². The molecule has 0 bridgehead atoms. The zero-order valence-electron chi connectivity index (χ0n) is 22.1. The monoisotopic (exact) mass is 647 g/mol. The lowest BCUT2D eigenvalue weighted by Gasteiger charge is -2.31. The van der Waals surface area contributed by atoms with Gasteiger partial charge in [0.05, 0.1) is 17.3 Å². The molecule has 3 aromatic carbocycles. The zero-order valence-corrected chi connectivity index (χ0v) is 24.5. The summed E-state index contributed by atoms with van der Waals surface area (Å²) in [4.78, 5) is 18.7. The van der Waals surface area contributed by atoms with Crippen molar-refractivity contribution in [3.63, 3.8) is 0 Å². The molecule has 3 N–H and O–H groups in total. The molecule has 1 amide bonds. The van der Waals surface area contributed by atoms with E-state index >= 15 is 0 Å². The van der Waals surface area contributed by atoms with E-state index in [1.807, 2.05) is 6.07 Å². The number of nitrogens with one attached hydrogen (secondary N) is 2. The molecule has 1 heterocycles. The van der Waals surface area contributed by atoms with E-state index in [2.05, 4.69) is 26.8 Å². The molecule has 0 saturated heterocycles. The van der Waals surface area contributed by atoms with Crippen molar-refractivity contribution >= 4 is 37.6 Å². The Morgan fingerprint density at radius 2 is 1.78 bits per heavy atom. The Balaban J connectivity index is 1.75. The number of alkyl halides is 1. The van der Waals surface area contributed by atoms with Crippen molar-refractivity contribution < 1.29 is 32.2 Å². The first-order valence-corrected chi connectivity index (χ1v) is 15.5. The van der Waals surface area contributed by atoms with Crippen LogP contribution in [0.4, 0.5) is 4.39 Å². The van der Waals surface area contributed by atoms with E-state index in [9.17, 15) is 17.6 Å². The average Bonchev–Trinajstić information content (AvgIpc) is 3.38. The van der Waals surface area contributed by atoms with Gasteiger partial charge in [-0.05, 0) is 42.5 Å². The molecule has 0 spiro atoms. The normalized spacial score (nSPS) is 18.4. The molecule has 4 rings (SSSR count). The van der Waals surface area contributed by atoms with E-state index in [1.165, 1.54) is 12.1 Å². The van der Waals surface area contributed by atoms with Crippen LogP contribution in [0.3, 0.4) is 0 Å². The number of aliphatic imine (C=N–C) groups is 1. The number of hydrogen-bond acceptors (Lipinski definition) is 8. The fourth-order valence-corrected chi connectivity index (χ4v) is 6.25. The summed E-state index contributed by atoms with van der Waals surface area (Å²) in [5.74, 6) is -0.331. The van der Waals surface area contributed by atoms with Crippen molar-refractivity contribution in [3.05, 3.63) is 94.5 Å². The van der Waals surface area contributed by atoms with Gasteiger partial charge in [0.2, 0.25) is 5.90 Å². The summed E-state index contributed by atoms with van der Waals surface area (Å²) in [5, 5.41) is 8.98. The minimum absolute atomic E-state index is 0.0173. The van der Waals surface area contributed by atoms with Gasteiger partial charge in [-0.2, -0.15) is 0 Å². The molecular weight excluding hydrogens is 617 g/mol. The maximum Gasteiger partial charge on any atom is 0.266 e. The van der Waals surface area contributed by atoms with Gasteiger partial charge in [0.1, 0.15) is 12.4 Å². The lowest BCUT2D eigenvalue weighted by Crippen LogP contribution is -2.53. The summed E-state index contributed by atoms with van der Waals surface area (Å²) in [6, 6.07) is 22.0. The molecule has 12 heteroatoms. The maximum absolute atomic E-state index is 13.8. The van der Waals surface area contributed by atoms with Crippen LogP contribution >= 0.6 is 15.9 Å². The number of nitrogens with zero attached hydrogens (tertiary/aromatic N) is 1. The fraction of sp³-hybridized carbons (Fsp3) is 0.310. The molecule has 41 heavy (non-hydrogen) atoms. The van der Waals surface area contributed by atoms with Crippen LogP contribution < -0.4 is 15.6 Å². The maximum atomic E-state index is 13.8. The van der Waals surface area contributed by atoms with Crippen LogP contribution in [0, 0.1) is 0 Å². The Bertz CT molecular complexity index is 1460. The number of aliphatic hydroxyl groups excluding tert-OH is 1. The van der Waals surface area contributed by atoms with Crippen molar-refractivity contribution in [2.45, 2.75) is 29.4 Å². The predicted molar refractivity (Wildman–Crippen MR) is 156 cm³/mol. The first-order valence-electron chi connectivity index (χ1n) is 13.0. The third-order valence-electron chi connectivity index (χ3n) is 6.49. The number of halogens is 2. The highest BCUT2D eigenvalue weighted by Crippen LogP contribution is 2.45. The molecule has 0 radical (unpaired) electrons. The molecule has 9 nitrogen and oxygen atoms in total. The number of carbonyl (C=O) groups excluding carboxylic acids is 1. The van der Waals surface area contributed by atoms with Crippen molar-refractivity contribution in [3.8, 4) is 5.75 Å². The molecule has 218 valence electrons. The second kappa shape index (κ2) is 14.0. The van der Waals surface area contributed by atoms with Gasteiger partial charge in [0.25, 0.3) is 5.91 Å². The second-order valence-corrected chi connectivity index (χ2v) is 12.2. The molecule has 1 aliphatic rings. The first kappa shape index (κ1) is 30.6. The number of hydrogen-bond donors (Lipinski definition) is 3. The van der Waals surface area contributed by atoms with E-state index in [-0.39, 0.29) is 30.4 Å². The van der Waals surface area contributed by atoms with Gasteiger partial charge >= 0.3 is 0 Å². The number of sulfone groups is 1. The Morgan fingerprint density at radius 3 is 2.46 bits per heavy atom. The highest BCUT2D eigenvalue weighted by atomic mass is 79.9. The van der Waals surface area contributed by atoms with Gasteiger partial charge in [-0.15, -0.1) is 0 Å². The Morgan fingerprint density at radius 1 is 1.07 bits per heavy atom. The summed E-state index contributed by atoms with van der Waals surface area (Å²) in [6.07, 6.45) is -0.733. The quantitative estimate of drug-likeness (QED) is 0.179. The van der Waals surface area contributed by atoms with Crippen molar-refractivity contribution in [1.82, 2.24) is 10.9 Å². The Labute approximate surface area is 246 Å². The van der Waals surface area contributed by atoms with Crippen LogP contribution in [0.5, 0.6) is 5.75 Å². The molecule has 0 unspecified atom stereocenters.